The summed E-state index contributed by atoms with van der Waals surface area (Å²) in [6.45, 7) is 38.5. The van der Waals surface area contributed by atoms with Crippen molar-refractivity contribution in [3.63, 3.8) is 0 Å². The van der Waals surface area contributed by atoms with E-state index in [0.717, 1.165) is 41.9 Å². The first-order valence-electron chi connectivity index (χ1n) is 36.5. The number of carbonyl (C=O) groups excluding carboxylic acids is 6. The monoisotopic (exact) mass is 1390 g/mol. The van der Waals surface area contributed by atoms with Gasteiger partial charge in [0.25, 0.3) is 0 Å². The summed E-state index contributed by atoms with van der Waals surface area (Å²) in [7, 11) is 4.62. The Hall–Kier alpha value is -8.06. The molecule has 101 heavy (non-hydrogen) atoms. The number of carbonyl (C=O) groups is 6. The van der Waals surface area contributed by atoms with E-state index < -0.39 is 11.5 Å². The van der Waals surface area contributed by atoms with Crippen molar-refractivity contribution in [2.45, 2.75) is 183 Å². The van der Waals surface area contributed by atoms with E-state index in [0.29, 0.717) is 81.9 Å². The molecular formula is C83H116N6O12. The van der Waals surface area contributed by atoms with E-state index in [1.165, 1.54) is 39.4 Å². The van der Waals surface area contributed by atoms with Gasteiger partial charge in [-0.25, -0.2) is 24.0 Å². The first-order valence-corrected chi connectivity index (χ1v) is 36.5. The second kappa shape index (κ2) is 36.2. The Kier molecular flexibility index (Phi) is 28.8. The van der Waals surface area contributed by atoms with Crippen molar-refractivity contribution < 1.29 is 57.2 Å². The van der Waals surface area contributed by atoms with Crippen molar-refractivity contribution in [3.05, 3.63) is 166 Å². The number of fused-ring (bicyclic) bond motifs is 2. The van der Waals surface area contributed by atoms with E-state index in [-0.39, 0.29) is 79.2 Å². The summed E-state index contributed by atoms with van der Waals surface area (Å²) in [4.78, 5) is 83.7. The molecule has 6 amide bonds. The summed E-state index contributed by atoms with van der Waals surface area (Å²) in [5.41, 5.74) is 9.43. The number of hydrogen-bond donors (Lipinski definition) is 0. The topological polar surface area (TPSA) is 177 Å². The highest BCUT2D eigenvalue weighted by atomic mass is 16.6. The molecule has 0 radical (unpaired) electrons. The lowest BCUT2D eigenvalue weighted by Gasteiger charge is -2.39. The summed E-state index contributed by atoms with van der Waals surface area (Å²) in [5, 5.41) is 5.03. The van der Waals surface area contributed by atoms with Crippen LogP contribution in [0.4, 0.5) is 14.4 Å². The van der Waals surface area contributed by atoms with Crippen LogP contribution >= 0.6 is 0 Å². The lowest BCUT2D eigenvalue weighted by molar-refractivity contribution is -0.163. The molecule has 3 aliphatic heterocycles. The highest BCUT2D eigenvalue weighted by Crippen LogP contribution is 2.46. The summed E-state index contributed by atoms with van der Waals surface area (Å²) < 4.78 is 32.2. The molecule has 3 heterocycles. The number of methoxy groups -OCH3 is 3. The number of rotatable bonds is 20. The number of nitrogens with zero attached hydrogens (tertiary/aromatic N) is 6. The smallest absolute Gasteiger partial charge is 0.338 e. The van der Waals surface area contributed by atoms with Gasteiger partial charge < -0.3 is 43.1 Å². The Morgan fingerprint density at radius 2 is 0.812 bits per heavy atom. The third-order valence-corrected chi connectivity index (χ3v) is 21.6. The molecule has 11 rings (SSSR count). The molecule has 0 spiro atoms. The average Bonchev–Trinajstić information content (AvgIpc) is 1.65. The zero-order valence-corrected chi connectivity index (χ0v) is 64.0. The van der Waals surface area contributed by atoms with E-state index in [1.54, 1.807) is 61.9 Å². The lowest BCUT2D eigenvalue weighted by Crippen LogP contribution is -2.57. The standard InChI is InChI=1S/C24H32N2O4.C20H30N2O4.C14H26N2O4.C14H14.C11H14/c1-6-24(3,4)20-11-10-17-12-19(9-8-18(17)13-20)22(27)30-21-14-25(7-2)23(28)26(15-21)16-29-5;1-6-20(3,4)16-10-8-15(9-11-16)18(23)26-17-12-21(7-2)19(24)22(13-17)14-25-5;1-6-14(3,4)12(17)20-11-8-15(7-2)13(18)16(9-11)10-19-5;1-9-10(2)13-8-4-6-11-5-3-7-12(9)14(11)13;1-8-7-10-5-3-4-6-11(10)9(8)2/h8-13,21H,6-7,14-16H2,1-5H3;8-11,17H,6-7,12-14H2,1-5H3;11H,6-10H2,1-5H3;3-10H,1-2H3;3-6,8-9H,7H2,1-2H3. The van der Waals surface area contributed by atoms with Crippen LogP contribution in [0.25, 0.3) is 21.5 Å². The fraction of sp³-hybridized carbons (Fsp3) is 0.542. The van der Waals surface area contributed by atoms with Gasteiger partial charge in [0.2, 0.25) is 0 Å². The van der Waals surface area contributed by atoms with Gasteiger partial charge in [-0.15, -0.1) is 0 Å². The normalized spacial score (nSPS) is 20.4. The Bertz CT molecular complexity index is 3720. The minimum atomic E-state index is -0.495. The molecule has 0 saturated carbocycles. The Morgan fingerprint density at radius 1 is 0.416 bits per heavy atom. The highest BCUT2D eigenvalue weighted by Gasteiger charge is 2.38. The maximum atomic E-state index is 12.8. The molecule has 550 valence electrons. The summed E-state index contributed by atoms with van der Waals surface area (Å²) >= 11 is 0. The van der Waals surface area contributed by atoms with Gasteiger partial charge in [0.1, 0.15) is 38.5 Å². The van der Waals surface area contributed by atoms with E-state index >= 15 is 0 Å². The zero-order chi connectivity index (χ0) is 74.1. The quantitative estimate of drug-likeness (QED) is 0.0523. The minimum absolute atomic E-state index is 0.0728. The molecule has 6 aromatic carbocycles. The van der Waals surface area contributed by atoms with Crippen LogP contribution in [-0.4, -0.2) is 184 Å². The van der Waals surface area contributed by atoms with Crippen molar-refractivity contribution in [3.8, 4) is 0 Å². The summed E-state index contributed by atoms with van der Waals surface area (Å²) in [6, 6.07) is 41.6. The van der Waals surface area contributed by atoms with E-state index in [2.05, 4.69) is 148 Å². The average molecular weight is 1390 g/mol. The predicted octanol–water partition coefficient (Wildman–Crippen LogP) is 16.4. The van der Waals surface area contributed by atoms with Crippen LogP contribution in [0.5, 0.6) is 0 Å². The first kappa shape index (κ1) is 80.3. The van der Waals surface area contributed by atoms with Gasteiger partial charge in [0.05, 0.1) is 55.8 Å². The van der Waals surface area contributed by atoms with Crippen molar-refractivity contribution >= 4 is 57.5 Å². The molecule has 7 atom stereocenters. The molecule has 3 saturated heterocycles. The number of urea groups is 3. The number of likely N-dealkylation sites (N-methyl/N-ethyl adjacent to an activating group) is 3. The number of amides is 6. The van der Waals surface area contributed by atoms with E-state index in [1.807, 2.05) is 84.0 Å². The van der Waals surface area contributed by atoms with Crippen LogP contribution in [0.2, 0.25) is 0 Å². The molecule has 0 aromatic heterocycles. The molecule has 0 bridgehead atoms. The van der Waals surface area contributed by atoms with Crippen LogP contribution < -0.4 is 0 Å². The Balaban J connectivity index is 0.000000184. The predicted molar refractivity (Wildman–Crippen MR) is 402 cm³/mol. The van der Waals surface area contributed by atoms with Crippen LogP contribution in [0.1, 0.15) is 202 Å². The van der Waals surface area contributed by atoms with Gasteiger partial charge in [-0.3, -0.25) is 19.5 Å². The zero-order valence-electron chi connectivity index (χ0n) is 64.0. The van der Waals surface area contributed by atoms with Crippen molar-refractivity contribution in [2.24, 2.45) is 11.3 Å². The number of hydrogen-bond acceptors (Lipinski definition) is 12. The molecule has 7 unspecified atom stereocenters. The molecule has 2 aliphatic carbocycles. The number of benzene rings is 6. The van der Waals surface area contributed by atoms with Crippen LogP contribution in [0, 0.1) is 11.3 Å². The van der Waals surface area contributed by atoms with Gasteiger partial charge >= 0.3 is 36.0 Å². The second-order valence-electron chi connectivity index (χ2n) is 29.6. The van der Waals surface area contributed by atoms with Crippen LogP contribution in [0.3, 0.4) is 0 Å². The second-order valence-corrected chi connectivity index (χ2v) is 29.6. The first-order chi connectivity index (χ1) is 48.0. The van der Waals surface area contributed by atoms with Gasteiger partial charge in [-0.2, -0.15) is 0 Å². The van der Waals surface area contributed by atoms with Crippen molar-refractivity contribution in [1.29, 1.82) is 0 Å². The van der Waals surface area contributed by atoms with E-state index in [9.17, 15) is 28.8 Å². The summed E-state index contributed by atoms with van der Waals surface area (Å²) in [6.07, 6.45) is 3.00. The molecular weight excluding hydrogens is 1270 g/mol. The Labute approximate surface area is 602 Å². The molecule has 18 nitrogen and oxygen atoms in total. The maximum absolute atomic E-state index is 12.8. The molecule has 5 aliphatic rings. The van der Waals surface area contributed by atoms with Gasteiger partial charge in [0.15, 0.2) is 0 Å². The van der Waals surface area contributed by atoms with Gasteiger partial charge in [-0.1, -0.05) is 173 Å². The number of ether oxygens (including phenoxy) is 6. The summed E-state index contributed by atoms with van der Waals surface area (Å²) in [5.74, 6) is 2.01. The fourth-order valence-electron chi connectivity index (χ4n) is 13.4. The molecule has 6 aromatic rings. The van der Waals surface area contributed by atoms with Gasteiger partial charge in [-0.05, 0) is 174 Å². The molecule has 0 N–H and O–H groups in total. The third-order valence-electron chi connectivity index (χ3n) is 21.6. The molecule has 18 heteroatoms. The maximum Gasteiger partial charge on any atom is 0.338 e. The largest absolute Gasteiger partial charge is 0.458 e. The van der Waals surface area contributed by atoms with Gasteiger partial charge in [0, 0.05) is 41.0 Å². The number of esters is 3. The SMILES string of the molecule is CC1Cc2ccccc2C1C.CC1c2cccc3cccc(c23)C1C.CCN1CC(OC(=O)C(C)(C)CC)CN(COC)C1=O.CCN1CC(OC(=O)c2ccc(C(C)(C)CC)cc2)CN(COC)C1=O.CCN1CC(OC(=O)c2ccc3cc(C(C)(C)CC)ccc3c2)CN(COC)C1=O. The fourth-order valence-corrected chi connectivity index (χ4v) is 13.4. The Morgan fingerprint density at radius 3 is 1.26 bits per heavy atom. The van der Waals surface area contributed by atoms with Crippen molar-refractivity contribution in [2.75, 3.05) is 100 Å². The van der Waals surface area contributed by atoms with Crippen LogP contribution in [-0.2, 0) is 50.5 Å². The molecule has 3 fully saturated rings. The highest BCUT2D eigenvalue weighted by molar-refractivity contribution is 5.96. The van der Waals surface area contributed by atoms with Crippen LogP contribution in [0.15, 0.2) is 121 Å². The minimum Gasteiger partial charge on any atom is -0.458 e. The van der Waals surface area contributed by atoms with E-state index in [4.69, 9.17) is 28.4 Å². The third kappa shape index (κ3) is 20.0. The van der Waals surface area contributed by atoms with Crippen molar-refractivity contribution in [1.82, 2.24) is 29.4 Å². The lowest BCUT2D eigenvalue weighted by atomic mass is 9.81.